The monoisotopic (exact) mass is 376 g/mol. The van der Waals surface area contributed by atoms with Crippen molar-refractivity contribution in [3.8, 4) is 0 Å². The van der Waals surface area contributed by atoms with Crippen LogP contribution in [0.15, 0.2) is 40.0 Å². The molecule has 0 unspecified atom stereocenters. The van der Waals surface area contributed by atoms with E-state index in [9.17, 15) is 0 Å². The maximum Gasteiger partial charge on any atom is -0.147 e. The quantitative estimate of drug-likeness (QED) is 0.558. The van der Waals surface area contributed by atoms with Gasteiger partial charge >= 0.3 is 118 Å². The smallest absolute Gasteiger partial charge is 0.147 e. The van der Waals surface area contributed by atoms with Crippen molar-refractivity contribution in [2.24, 2.45) is 0 Å². The number of hydrogen-bond donors (Lipinski definition) is 0. The summed E-state index contributed by atoms with van der Waals surface area (Å²) >= 11 is -0.491. The molecule has 0 aromatic carbocycles. The van der Waals surface area contributed by atoms with Gasteiger partial charge in [-0.3, -0.25) is 0 Å². The van der Waals surface area contributed by atoms with Gasteiger partial charge in [-0.05, 0) is 0 Å². The van der Waals surface area contributed by atoms with Crippen LogP contribution in [0.5, 0.6) is 0 Å². The maximum absolute atomic E-state index is 2.33. The Morgan fingerprint density at radius 2 is 0.895 bits per heavy atom. The molecule has 2 aliphatic rings. The van der Waals surface area contributed by atoms with Crippen molar-refractivity contribution in [2.45, 2.75) is 54.4 Å². The molecule has 0 aromatic heterocycles. The number of halogens is 2. The van der Waals surface area contributed by atoms with E-state index >= 15 is 0 Å². The molecule has 0 saturated carbocycles. The van der Waals surface area contributed by atoms with Crippen LogP contribution in [0.25, 0.3) is 0 Å². The number of allylic oxidation sites excluding steroid dienone is 8. The second-order valence-corrected chi connectivity index (χ2v) is 9.08. The summed E-state index contributed by atoms with van der Waals surface area (Å²) in [5, 5.41) is 0. The molecule has 0 aliphatic heterocycles. The van der Waals surface area contributed by atoms with E-state index in [0.29, 0.717) is 0 Å². The minimum atomic E-state index is -0.491. The summed E-state index contributed by atoms with van der Waals surface area (Å²) in [6.07, 6.45) is 2.55. The zero-order chi connectivity index (χ0) is 12.7. The summed E-state index contributed by atoms with van der Waals surface area (Å²) in [6.45, 7) is 13.9. The van der Waals surface area contributed by atoms with Gasteiger partial charge < -0.3 is 0 Å². The second kappa shape index (κ2) is 7.44. The van der Waals surface area contributed by atoms with Crippen LogP contribution in [0.1, 0.15) is 54.4 Å². The Balaban J connectivity index is 0.00000162. The Labute approximate surface area is 141 Å². The fourth-order valence-electron chi connectivity index (χ4n) is 2.61. The largest absolute Gasteiger partial charge is 0.147 e. The third-order valence-corrected chi connectivity index (χ3v) is 8.69. The molecule has 0 bridgehead atoms. The topological polar surface area (TPSA) is 0 Å². The zero-order valence-electron chi connectivity index (χ0n) is 12.7. The molecule has 0 saturated heterocycles. The molecule has 0 radical (unpaired) electrons. The van der Waals surface area contributed by atoms with Gasteiger partial charge in [0.2, 0.25) is 0 Å². The molecule has 0 atom stereocenters. The Hall–Kier alpha value is 0.423. The molecule has 106 valence electrons. The first-order valence-electron chi connectivity index (χ1n) is 6.41. The third kappa shape index (κ3) is 3.75. The van der Waals surface area contributed by atoms with Crippen LogP contribution in [-0.4, -0.2) is 0 Å². The van der Waals surface area contributed by atoms with E-state index in [-0.39, 0.29) is 24.8 Å². The van der Waals surface area contributed by atoms with Gasteiger partial charge in [0.05, 0.1) is 0 Å². The minimum absolute atomic E-state index is 0. The SMILES string of the molecule is CC1=C(C)C(C)=[C]([Zr][C]2=C(C)C(C)=C(C)C2)C1.Cl.Cl. The van der Waals surface area contributed by atoms with Gasteiger partial charge in [0, 0.05) is 0 Å². The summed E-state index contributed by atoms with van der Waals surface area (Å²) in [7, 11) is 0. The first-order valence-corrected chi connectivity index (χ1v) is 8.87. The van der Waals surface area contributed by atoms with Crippen molar-refractivity contribution in [1.29, 1.82) is 0 Å². The Morgan fingerprint density at radius 1 is 0.579 bits per heavy atom. The van der Waals surface area contributed by atoms with E-state index in [1.807, 2.05) is 6.56 Å². The van der Waals surface area contributed by atoms with Crippen LogP contribution in [-0.2, 0) is 23.2 Å². The van der Waals surface area contributed by atoms with Crippen molar-refractivity contribution in [2.75, 3.05) is 0 Å². The van der Waals surface area contributed by atoms with Crippen LogP contribution >= 0.6 is 24.8 Å². The van der Waals surface area contributed by atoms with Gasteiger partial charge in [-0.2, -0.15) is 0 Å². The first kappa shape index (κ1) is 19.4. The van der Waals surface area contributed by atoms with Gasteiger partial charge in [0.1, 0.15) is 0 Å². The summed E-state index contributed by atoms with van der Waals surface area (Å²) in [6, 6.07) is 0. The summed E-state index contributed by atoms with van der Waals surface area (Å²) in [4.78, 5) is 0. The third-order valence-electron chi connectivity index (χ3n) is 4.50. The van der Waals surface area contributed by atoms with Crippen molar-refractivity contribution >= 4 is 24.8 Å². The van der Waals surface area contributed by atoms with Crippen LogP contribution < -0.4 is 0 Å². The van der Waals surface area contributed by atoms with Crippen LogP contribution in [0, 0.1) is 0 Å². The van der Waals surface area contributed by atoms with Crippen LogP contribution in [0.4, 0.5) is 0 Å². The molecule has 0 fully saturated rings. The van der Waals surface area contributed by atoms with Gasteiger partial charge in [0.15, 0.2) is 0 Å². The fraction of sp³-hybridized carbons (Fsp3) is 0.500. The van der Waals surface area contributed by atoms with E-state index in [2.05, 4.69) is 41.5 Å². The molecular weight excluding hydrogens is 354 g/mol. The average molecular weight is 378 g/mol. The van der Waals surface area contributed by atoms with Crippen molar-refractivity contribution in [3.63, 3.8) is 0 Å². The van der Waals surface area contributed by atoms with Gasteiger partial charge in [-0.15, -0.1) is 24.8 Å². The summed E-state index contributed by atoms with van der Waals surface area (Å²) in [5.74, 6) is 0. The molecule has 19 heavy (non-hydrogen) atoms. The fourth-order valence-corrected chi connectivity index (χ4v) is 7.09. The average Bonchev–Trinajstić information content (AvgIpc) is 2.66. The van der Waals surface area contributed by atoms with E-state index < -0.39 is 23.2 Å². The zero-order valence-corrected chi connectivity index (χ0v) is 16.8. The predicted octanol–water partition coefficient (Wildman–Crippen LogP) is 5.94. The molecular formula is C16H24Cl2Zr. The Morgan fingerprint density at radius 3 is 1.11 bits per heavy atom. The van der Waals surface area contributed by atoms with Gasteiger partial charge in [-0.1, -0.05) is 0 Å². The van der Waals surface area contributed by atoms with Gasteiger partial charge in [-0.25, -0.2) is 0 Å². The second-order valence-electron chi connectivity index (χ2n) is 5.50. The molecule has 0 nitrogen and oxygen atoms in total. The van der Waals surface area contributed by atoms with Gasteiger partial charge in [0.25, 0.3) is 0 Å². The normalized spacial score (nSPS) is 19.1. The van der Waals surface area contributed by atoms with E-state index in [1.165, 1.54) is 12.8 Å². The predicted molar refractivity (Wildman–Crippen MR) is 85.9 cm³/mol. The standard InChI is InChI=1S/2C8H11.2ClH.Zr/c2*1-6-4-5-7(2)8(6)3;;;/h2*4H2,1-3H3;2*1H;. The van der Waals surface area contributed by atoms with Crippen molar-refractivity contribution in [3.05, 3.63) is 40.0 Å². The van der Waals surface area contributed by atoms with E-state index in [0.717, 1.165) is 0 Å². The number of hydrogen-bond acceptors (Lipinski definition) is 0. The van der Waals surface area contributed by atoms with Crippen molar-refractivity contribution < 1.29 is 23.2 Å². The number of rotatable bonds is 2. The molecule has 0 spiro atoms. The molecule has 0 heterocycles. The van der Waals surface area contributed by atoms with Crippen molar-refractivity contribution in [1.82, 2.24) is 0 Å². The molecule has 0 N–H and O–H groups in total. The Kier molecular flexibility index (Phi) is 7.60. The molecule has 2 rings (SSSR count). The Bertz CT molecular complexity index is 459. The minimum Gasteiger partial charge on any atom is -0.147 e. The summed E-state index contributed by atoms with van der Waals surface area (Å²) < 4.78 is 3.64. The molecule has 2 aliphatic carbocycles. The van der Waals surface area contributed by atoms with Crippen LogP contribution in [0.2, 0.25) is 0 Å². The summed E-state index contributed by atoms with van der Waals surface area (Å²) in [5.41, 5.74) is 9.59. The molecule has 3 heteroatoms. The molecule has 0 aromatic rings. The maximum atomic E-state index is 2.33. The van der Waals surface area contributed by atoms with E-state index in [4.69, 9.17) is 0 Å². The molecule has 0 amide bonds. The van der Waals surface area contributed by atoms with E-state index in [1.54, 1.807) is 33.4 Å². The van der Waals surface area contributed by atoms with Crippen LogP contribution in [0.3, 0.4) is 0 Å². The first-order chi connectivity index (χ1) is 7.91.